The van der Waals surface area contributed by atoms with Crippen LogP contribution in [0.2, 0.25) is 0 Å². The number of hydrogen-bond acceptors (Lipinski definition) is 4. The average Bonchev–Trinajstić information content (AvgIpc) is 2.21. The predicted molar refractivity (Wildman–Crippen MR) is 53.4 cm³/mol. The van der Waals surface area contributed by atoms with Crippen molar-refractivity contribution < 1.29 is 19.5 Å². The van der Waals surface area contributed by atoms with Gasteiger partial charge in [-0.25, -0.2) is 9.59 Å². The van der Waals surface area contributed by atoms with E-state index in [2.05, 4.69) is 4.84 Å². The van der Waals surface area contributed by atoms with Crippen LogP contribution in [-0.2, 0) is 9.63 Å². The summed E-state index contributed by atoms with van der Waals surface area (Å²) in [6, 6.07) is -0.931. The maximum Gasteiger partial charge on any atom is 0.345 e. The standard InChI is InChI=1S/C9H16N2O4/c1-3-7(4-5-12)6(2)8(13)15-11-9(10)14/h4,6,12H,3,5H2,1-2H3,(H3,10,11,14). The highest BCUT2D eigenvalue weighted by atomic mass is 16.7. The minimum absolute atomic E-state index is 0.135. The van der Waals surface area contributed by atoms with Crippen LogP contribution in [0, 0.1) is 5.92 Å². The summed E-state index contributed by atoms with van der Waals surface area (Å²) in [5, 5.41) is 8.70. The topological polar surface area (TPSA) is 102 Å². The second kappa shape index (κ2) is 6.83. The van der Waals surface area contributed by atoms with Crippen molar-refractivity contribution in [3.05, 3.63) is 11.6 Å². The Morgan fingerprint density at radius 2 is 2.20 bits per heavy atom. The van der Waals surface area contributed by atoms with Gasteiger partial charge in [0.2, 0.25) is 0 Å². The van der Waals surface area contributed by atoms with E-state index >= 15 is 0 Å². The molecule has 0 fully saturated rings. The Balaban J connectivity index is 4.29. The fraction of sp³-hybridized carbons (Fsp3) is 0.556. The number of nitrogens with two attached hydrogens (primary N) is 1. The van der Waals surface area contributed by atoms with Crippen LogP contribution in [0.1, 0.15) is 20.3 Å². The molecular formula is C9H16N2O4. The molecule has 0 aliphatic heterocycles. The fourth-order valence-electron chi connectivity index (χ4n) is 1.08. The molecule has 0 rings (SSSR count). The lowest BCUT2D eigenvalue weighted by Crippen LogP contribution is -2.34. The molecular weight excluding hydrogens is 200 g/mol. The molecule has 15 heavy (non-hydrogen) atoms. The molecule has 0 aromatic rings. The van der Waals surface area contributed by atoms with E-state index in [4.69, 9.17) is 10.8 Å². The van der Waals surface area contributed by atoms with E-state index in [1.54, 1.807) is 12.4 Å². The van der Waals surface area contributed by atoms with Crippen LogP contribution in [0.5, 0.6) is 0 Å². The van der Waals surface area contributed by atoms with E-state index in [-0.39, 0.29) is 6.61 Å². The number of carbonyl (C=O) groups excluding carboxylic acids is 2. The van der Waals surface area contributed by atoms with Gasteiger partial charge in [0.15, 0.2) is 0 Å². The molecule has 6 heteroatoms. The van der Waals surface area contributed by atoms with Crippen molar-refractivity contribution in [2.45, 2.75) is 20.3 Å². The smallest absolute Gasteiger partial charge is 0.345 e. The van der Waals surface area contributed by atoms with Gasteiger partial charge in [0, 0.05) is 0 Å². The van der Waals surface area contributed by atoms with E-state index in [0.717, 1.165) is 5.57 Å². The normalized spacial score (nSPS) is 13.1. The molecule has 1 unspecified atom stereocenters. The number of rotatable bonds is 4. The van der Waals surface area contributed by atoms with Crippen molar-refractivity contribution in [3.63, 3.8) is 0 Å². The Hall–Kier alpha value is -1.56. The van der Waals surface area contributed by atoms with Crippen LogP contribution in [-0.4, -0.2) is 23.7 Å². The third-order valence-electron chi connectivity index (χ3n) is 1.92. The molecule has 0 heterocycles. The van der Waals surface area contributed by atoms with Gasteiger partial charge in [0.1, 0.15) is 0 Å². The van der Waals surface area contributed by atoms with Crippen molar-refractivity contribution >= 4 is 12.0 Å². The zero-order valence-corrected chi connectivity index (χ0v) is 8.82. The largest absolute Gasteiger partial charge is 0.392 e. The Morgan fingerprint density at radius 1 is 1.60 bits per heavy atom. The molecule has 86 valence electrons. The van der Waals surface area contributed by atoms with E-state index in [9.17, 15) is 9.59 Å². The van der Waals surface area contributed by atoms with Crippen molar-refractivity contribution in [3.8, 4) is 0 Å². The molecule has 6 nitrogen and oxygen atoms in total. The molecule has 1 atom stereocenters. The summed E-state index contributed by atoms with van der Waals surface area (Å²) < 4.78 is 0. The summed E-state index contributed by atoms with van der Waals surface area (Å²) in [5.41, 5.74) is 7.22. The number of aliphatic hydroxyl groups excluding tert-OH is 1. The van der Waals surface area contributed by atoms with Crippen LogP contribution in [0.4, 0.5) is 4.79 Å². The first-order valence-corrected chi connectivity index (χ1v) is 4.58. The van der Waals surface area contributed by atoms with Crippen LogP contribution in [0.3, 0.4) is 0 Å². The van der Waals surface area contributed by atoms with Gasteiger partial charge in [-0.3, -0.25) is 0 Å². The number of amides is 2. The SMILES string of the molecule is CCC(=CCO)C(C)C(=O)ONC(N)=O. The van der Waals surface area contributed by atoms with Gasteiger partial charge in [-0.05, 0) is 13.3 Å². The summed E-state index contributed by atoms with van der Waals surface area (Å²) in [6.45, 7) is 3.34. The number of aliphatic hydroxyl groups is 1. The predicted octanol–water partition coefficient (Wildman–Crippen LogP) is 0.0777. The number of primary amides is 1. The maximum absolute atomic E-state index is 11.3. The van der Waals surface area contributed by atoms with Gasteiger partial charge in [-0.1, -0.05) is 18.6 Å². The van der Waals surface area contributed by atoms with Gasteiger partial charge >= 0.3 is 12.0 Å². The molecule has 0 radical (unpaired) electrons. The van der Waals surface area contributed by atoms with Crippen LogP contribution in [0.25, 0.3) is 0 Å². The van der Waals surface area contributed by atoms with Crippen LogP contribution in [0.15, 0.2) is 11.6 Å². The lowest BCUT2D eigenvalue weighted by Gasteiger charge is -2.12. The Labute approximate surface area is 88.0 Å². The number of carbonyl (C=O) groups is 2. The minimum atomic E-state index is -0.931. The van der Waals surface area contributed by atoms with E-state index < -0.39 is 17.9 Å². The molecule has 0 saturated carbocycles. The van der Waals surface area contributed by atoms with Crippen molar-refractivity contribution in [2.24, 2.45) is 11.7 Å². The number of urea groups is 1. The number of hydrogen-bond donors (Lipinski definition) is 3. The highest BCUT2D eigenvalue weighted by Gasteiger charge is 2.18. The molecule has 4 N–H and O–H groups in total. The monoisotopic (exact) mass is 216 g/mol. The second-order valence-corrected chi connectivity index (χ2v) is 2.92. The highest BCUT2D eigenvalue weighted by molar-refractivity contribution is 5.78. The number of hydroxylamine groups is 1. The molecule has 2 amide bonds. The molecule has 0 aromatic carbocycles. The van der Waals surface area contributed by atoms with Crippen molar-refractivity contribution in [1.82, 2.24) is 5.48 Å². The molecule has 0 aliphatic rings. The summed E-state index contributed by atoms with van der Waals surface area (Å²) >= 11 is 0. The van der Waals surface area contributed by atoms with E-state index in [0.29, 0.717) is 6.42 Å². The minimum Gasteiger partial charge on any atom is -0.392 e. The van der Waals surface area contributed by atoms with Crippen molar-refractivity contribution in [1.29, 1.82) is 0 Å². The van der Waals surface area contributed by atoms with E-state index in [1.165, 1.54) is 6.08 Å². The Morgan fingerprint density at radius 3 is 2.60 bits per heavy atom. The molecule has 0 spiro atoms. The Kier molecular flexibility index (Phi) is 6.12. The summed E-state index contributed by atoms with van der Waals surface area (Å²) in [7, 11) is 0. The first kappa shape index (κ1) is 13.4. The maximum atomic E-state index is 11.3. The van der Waals surface area contributed by atoms with Gasteiger partial charge in [0.05, 0.1) is 12.5 Å². The average molecular weight is 216 g/mol. The van der Waals surface area contributed by atoms with E-state index in [1.807, 2.05) is 6.92 Å². The first-order valence-electron chi connectivity index (χ1n) is 4.58. The van der Waals surface area contributed by atoms with Gasteiger partial charge in [-0.15, -0.1) is 0 Å². The lowest BCUT2D eigenvalue weighted by atomic mass is 9.99. The zero-order valence-electron chi connectivity index (χ0n) is 8.82. The Bertz CT molecular complexity index is 263. The van der Waals surface area contributed by atoms with Crippen LogP contribution >= 0.6 is 0 Å². The fourth-order valence-corrected chi connectivity index (χ4v) is 1.08. The van der Waals surface area contributed by atoms with Gasteiger partial charge < -0.3 is 15.7 Å². The molecule has 0 saturated heterocycles. The third-order valence-corrected chi connectivity index (χ3v) is 1.92. The number of nitrogens with one attached hydrogen (secondary N) is 1. The van der Waals surface area contributed by atoms with Crippen LogP contribution < -0.4 is 11.2 Å². The quantitative estimate of drug-likeness (QED) is 0.457. The summed E-state index contributed by atoms with van der Waals surface area (Å²) in [4.78, 5) is 26.0. The summed E-state index contributed by atoms with van der Waals surface area (Å²) in [5.74, 6) is -1.13. The van der Waals surface area contributed by atoms with Crippen molar-refractivity contribution in [2.75, 3.05) is 6.61 Å². The lowest BCUT2D eigenvalue weighted by molar-refractivity contribution is -0.151. The zero-order chi connectivity index (χ0) is 11.8. The first-order chi connectivity index (χ1) is 7.02. The molecule has 0 aromatic heterocycles. The third kappa shape index (κ3) is 5.02. The highest BCUT2D eigenvalue weighted by Crippen LogP contribution is 2.15. The van der Waals surface area contributed by atoms with Gasteiger partial charge in [-0.2, -0.15) is 5.48 Å². The van der Waals surface area contributed by atoms with Gasteiger partial charge in [0.25, 0.3) is 0 Å². The molecule has 0 aliphatic carbocycles. The second-order valence-electron chi connectivity index (χ2n) is 2.92. The summed E-state index contributed by atoms with van der Waals surface area (Å²) in [6.07, 6.45) is 2.16. The molecule has 0 bridgehead atoms.